The van der Waals surface area contributed by atoms with Gasteiger partial charge in [0.1, 0.15) is 11.6 Å². The van der Waals surface area contributed by atoms with Crippen LogP contribution in [0.3, 0.4) is 0 Å². The third-order valence-electron chi connectivity index (χ3n) is 6.84. The highest BCUT2D eigenvalue weighted by atomic mass is 19.1. The number of rotatable bonds is 3. The number of H-pyrrole nitrogens is 1. The van der Waals surface area contributed by atoms with E-state index in [2.05, 4.69) is 22.5 Å². The molecule has 1 saturated heterocycles. The molecular formula is C24H25FN2O. The first kappa shape index (κ1) is 17.5. The zero-order valence-corrected chi connectivity index (χ0v) is 15.9. The minimum Gasteiger partial charge on any atom is -0.508 e. The lowest BCUT2D eigenvalue weighted by Gasteiger charge is -2.51. The Hall–Kier alpha value is -2.59. The molecule has 2 unspecified atom stereocenters. The summed E-state index contributed by atoms with van der Waals surface area (Å²) in [5, 5.41) is 11.3. The summed E-state index contributed by atoms with van der Waals surface area (Å²) in [6, 6.07) is 12.8. The molecule has 2 heterocycles. The van der Waals surface area contributed by atoms with Gasteiger partial charge in [-0.1, -0.05) is 18.2 Å². The summed E-state index contributed by atoms with van der Waals surface area (Å²) in [4.78, 5) is 5.97. The largest absolute Gasteiger partial charge is 0.508 e. The fourth-order valence-electron chi connectivity index (χ4n) is 5.51. The van der Waals surface area contributed by atoms with Crippen LogP contribution >= 0.6 is 0 Å². The predicted molar refractivity (Wildman–Crippen MR) is 110 cm³/mol. The summed E-state index contributed by atoms with van der Waals surface area (Å²) in [7, 11) is 0. The van der Waals surface area contributed by atoms with E-state index in [1.807, 2.05) is 24.3 Å². The van der Waals surface area contributed by atoms with Gasteiger partial charge in [-0.15, -0.1) is 6.58 Å². The van der Waals surface area contributed by atoms with E-state index in [-0.39, 0.29) is 11.2 Å². The molecule has 2 N–H and O–H groups in total. The van der Waals surface area contributed by atoms with E-state index in [1.165, 1.54) is 16.8 Å². The van der Waals surface area contributed by atoms with Crippen LogP contribution in [0.1, 0.15) is 23.2 Å². The first-order valence-corrected chi connectivity index (χ1v) is 10.0. The van der Waals surface area contributed by atoms with Crippen LogP contribution in [0.15, 0.2) is 55.1 Å². The quantitative estimate of drug-likeness (QED) is 0.658. The number of nitrogens with zero attached hydrogens (tertiary/aromatic N) is 1. The van der Waals surface area contributed by atoms with Crippen molar-refractivity contribution in [2.75, 3.05) is 19.6 Å². The number of fused-ring (bicyclic) bond motifs is 4. The molecule has 1 aliphatic carbocycles. The summed E-state index contributed by atoms with van der Waals surface area (Å²) in [5.74, 6) is 0.562. The fraction of sp³-hybridized carbons (Fsp3) is 0.333. The number of piperidine rings is 1. The molecule has 1 fully saturated rings. The highest BCUT2D eigenvalue weighted by molar-refractivity contribution is 5.85. The van der Waals surface area contributed by atoms with Crippen molar-refractivity contribution in [3.05, 3.63) is 77.8 Å². The number of nitrogens with one attached hydrogen (secondary N) is 1. The molecule has 1 aliphatic heterocycles. The second-order valence-corrected chi connectivity index (χ2v) is 8.35. The topological polar surface area (TPSA) is 39.3 Å². The van der Waals surface area contributed by atoms with Crippen LogP contribution in [0, 0.1) is 11.7 Å². The second kappa shape index (κ2) is 6.49. The summed E-state index contributed by atoms with van der Waals surface area (Å²) in [5.41, 5.74) is 4.64. The van der Waals surface area contributed by atoms with Crippen LogP contribution < -0.4 is 0 Å². The standard InChI is InChI=1S/C24H25FN2O/c1-2-9-27-10-8-24(16-4-3-5-19(28)11-16)14-23-21(12-17(24)15-27)20-7-6-18(25)13-22(20)26-23/h2-7,11,13,17,26,28H,1,8-10,12,14-15H2. The van der Waals surface area contributed by atoms with E-state index in [1.54, 1.807) is 18.2 Å². The number of likely N-dealkylation sites (tertiary alicyclic amines) is 1. The number of hydrogen-bond acceptors (Lipinski definition) is 2. The Morgan fingerprint density at radius 2 is 2.18 bits per heavy atom. The van der Waals surface area contributed by atoms with Crippen LogP contribution in [0.5, 0.6) is 5.75 Å². The molecule has 0 radical (unpaired) electrons. The van der Waals surface area contributed by atoms with Gasteiger partial charge in [0.25, 0.3) is 0 Å². The summed E-state index contributed by atoms with van der Waals surface area (Å²) in [6.45, 7) is 6.83. The Labute approximate surface area is 164 Å². The van der Waals surface area contributed by atoms with Gasteiger partial charge in [0.15, 0.2) is 0 Å². The Morgan fingerprint density at radius 3 is 3.00 bits per heavy atom. The van der Waals surface area contributed by atoms with Crippen molar-refractivity contribution in [2.24, 2.45) is 5.92 Å². The molecule has 3 nitrogen and oxygen atoms in total. The third-order valence-corrected chi connectivity index (χ3v) is 6.84. The number of aromatic hydroxyl groups is 1. The van der Waals surface area contributed by atoms with Crippen molar-refractivity contribution in [3.8, 4) is 5.75 Å². The van der Waals surface area contributed by atoms with E-state index < -0.39 is 0 Å². The van der Waals surface area contributed by atoms with Crippen molar-refractivity contribution in [2.45, 2.75) is 24.7 Å². The van der Waals surface area contributed by atoms with Gasteiger partial charge in [0.2, 0.25) is 0 Å². The highest BCUT2D eigenvalue weighted by Crippen LogP contribution is 2.49. The van der Waals surface area contributed by atoms with Crippen LogP contribution in [-0.4, -0.2) is 34.6 Å². The van der Waals surface area contributed by atoms with Crippen molar-refractivity contribution in [3.63, 3.8) is 0 Å². The Bertz CT molecular complexity index is 1060. The molecule has 0 spiro atoms. The van der Waals surface area contributed by atoms with Gasteiger partial charge in [-0.2, -0.15) is 0 Å². The van der Waals surface area contributed by atoms with Gasteiger partial charge in [0.05, 0.1) is 0 Å². The molecular weight excluding hydrogens is 351 g/mol. The zero-order valence-electron chi connectivity index (χ0n) is 15.9. The molecule has 1 aromatic heterocycles. The van der Waals surface area contributed by atoms with E-state index in [0.29, 0.717) is 11.7 Å². The Balaban J connectivity index is 1.64. The number of aromatic nitrogens is 1. The SMILES string of the molecule is C=CCN1CCC2(c3cccc(O)c3)Cc3[nH]c4cc(F)ccc4c3CC2C1. The molecule has 4 heteroatoms. The number of phenols is 1. The van der Waals surface area contributed by atoms with Crippen molar-refractivity contribution >= 4 is 10.9 Å². The molecule has 0 bridgehead atoms. The van der Waals surface area contributed by atoms with Crippen LogP contribution in [0.2, 0.25) is 0 Å². The molecule has 144 valence electrons. The van der Waals surface area contributed by atoms with Gasteiger partial charge in [-0.05, 0) is 73.2 Å². The van der Waals surface area contributed by atoms with Crippen LogP contribution in [-0.2, 0) is 18.3 Å². The summed E-state index contributed by atoms with van der Waals surface area (Å²) in [6.07, 6.45) is 4.88. The highest BCUT2D eigenvalue weighted by Gasteiger charge is 2.47. The maximum absolute atomic E-state index is 13.8. The third kappa shape index (κ3) is 2.67. The van der Waals surface area contributed by atoms with Crippen molar-refractivity contribution in [1.82, 2.24) is 9.88 Å². The lowest BCUT2D eigenvalue weighted by Crippen LogP contribution is -2.53. The number of aromatic amines is 1. The van der Waals surface area contributed by atoms with Crippen molar-refractivity contribution in [1.29, 1.82) is 0 Å². The zero-order chi connectivity index (χ0) is 19.3. The van der Waals surface area contributed by atoms with Gasteiger partial charge >= 0.3 is 0 Å². The molecule has 0 saturated carbocycles. The molecule has 2 aliphatic rings. The molecule has 5 rings (SSSR count). The molecule has 2 aromatic carbocycles. The van der Waals surface area contributed by atoms with Crippen molar-refractivity contribution < 1.29 is 9.50 Å². The average molecular weight is 376 g/mol. The normalized spacial score (nSPS) is 24.7. The van der Waals surface area contributed by atoms with Crippen LogP contribution in [0.4, 0.5) is 4.39 Å². The van der Waals surface area contributed by atoms with E-state index >= 15 is 0 Å². The lowest BCUT2D eigenvalue weighted by atomic mass is 9.58. The van der Waals surface area contributed by atoms with Gasteiger partial charge in [-0.3, -0.25) is 4.90 Å². The van der Waals surface area contributed by atoms with E-state index in [0.717, 1.165) is 49.8 Å². The predicted octanol–water partition coefficient (Wildman–Crippen LogP) is 4.56. The Morgan fingerprint density at radius 1 is 1.29 bits per heavy atom. The van der Waals surface area contributed by atoms with Gasteiger partial charge in [-0.25, -0.2) is 4.39 Å². The number of benzene rings is 2. The molecule has 28 heavy (non-hydrogen) atoms. The lowest BCUT2D eigenvalue weighted by molar-refractivity contribution is 0.0896. The van der Waals surface area contributed by atoms with E-state index in [4.69, 9.17) is 0 Å². The minimum atomic E-state index is -0.205. The number of hydrogen-bond donors (Lipinski definition) is 2. The molecule has 2 atom stereocenters. The maximum atomic E-state index is 13.8. The fourth-order valence-corrected chi connectivity index (χ4v) is 5.51. The molecule has 0 amide bonds. The number of phenolic OH excluding ortho intramolecular Hbond substituents is 1. The Kier molecular flexibility index (Phi) is 4.06. The monoisotopic (exact) mass is 376 g/mol. The van der Waals surface area contributed by atoms with Gasteiger partial charge < -0.3 is 10.1 Å². The van der Waals surface area contributed by atoms with Crippen LogP contribution in [0.25, 0.3) is 10.9 Å². The smallest absolute Gasteiger partial charge is 0.125 e. The summed E-state index contributed by atoms with van der Waals surface area (Å²) < 4.78 is 13.8. The second-order valence-electron chi connectivity index (χ2n) is 8.35. The summed E-state index contributed by atoms with van der Waals surface area (Å²) >= 11 is 0. The molecule has 3 aromatic rings. The minimum absolute atomic E-state index is 0.0111. The first-order chi connectivity index (χ1) is 13.6. The van der Waals surface area contributed by atoms with E-state index in [9.17, 15) is 9.50 Å². The average Bonchev–Trinajstić information content (AvgIpc) is 3.02. The van der Waals surface area contributed by atoms with Gasteiger partial charge in [0, 0.05) is 35.1 Å². The number of halogens is 1. The first-order valence-electron chi connectivity index (χ1n) is 10.0. The maximum Gasteiger partial charge on any atom is 0.125 e.